The SMILES string of the molecule is C=C1N=NC(C2COC2)=C1N. The monoisotopic (exact) mass is 151 g/mol. The van der Waals surface area contributed by atoms with E-state index in [9.17, 15) is 0 Å². The van der Waals surface area contributed by atoms with Gasteiger partial charge in [-0.1, -0.05) is 6.58 Å². The van der Waals surface area contributed by atoms with Crippen molar-refractivity contribution in [3.8, 4) is 0 Å². The van der Waals surface area contributed by atoms with Crippen LogP contribution in [-0.2, 0) is 4.74 Å². The van der Waals surface area contributed by atoms with E-state index >= 15 is 0 Å². The normalized spacial score (nSPS) is 24.5. The van der Waals surface area contributed by atoms with Gasteiger partial charge >= 0.3 is 0 Å². The third kappa shape index (κ3) is 0.867. The predicted octanol–water partition coefficient (Wildman–Crippen LogP) is 0.783. The number of rotatable bonds is 1. The quantitative estimate of drug-likeness (QED) is 0.602. The molecule has 0 saturated carbocycles. The molecule has 58 valence electrons. The van der Waals surface area contributed by atoms with E-state index < -0.39 is 0 Å². The molecule has 2 heterocycles. The van der Waals surface area contributed by atoms with Crippen LogP contribution in [0.3, 0.4) is 0 Å². The van der Waals surface area contributed by atoms with Gasteiger partial charge in [-0.15, -0.1) is 5.11 Å². The number of nitrogens with zero attached hydrogens (tertiary/aromatic N) is 2. The van der Waals surface area contributed by atoms with Gasteiger partial charge in [-0.3, -0.25) is 0 Å². The molecule has 11 heavy (non-hydrogen) atoms. The summed E-state index contributed by atoms with van der Waals surface area (Å²) in [5.41, 5.74) is 7.72. The number of hydrogen-bond acceptors (Lipinski definition) is 4. The number of nitrogens with two attached hydrogens (primary N) is 1. The van der Waals surface area contributed by atoms with Crippen molar-refractivity contribution < 1.29 is 4.74 Å². The lowest BCUT2D eigenvalue weighted by Gasteiger charge is -2.25. The molecule has 0 radical (unpaired) electrons. The summed E-state index contributed by atoms with van der Waals surface area (Å²) in [4.78, 5) is 0. The third-order valence-corrected chi connectivity index (χ3v) is 1.89. The highest BCUT2D eigenvalue weighted by Crippen LogP contribution is 2.29. The molecule has 0 spiro atoms. The van der Waals surface area contributed by atoms with Gasteiger partial charge in [0.1, 0.15) is 5.70 Å². The summed E-state index contributed by atoms with van der Waals surface area (Å²) in [5.74, 6) is 0.345. The van der Waals surface area contributed by atoms with Crippen molar-refractivity contribution in [3.63, 3.8) is 0 Å². The summed E-state index contributed by atoms with van der Waals surface area (Å²) in [6.45, 7) is 5.06. The lowest BCUT2D eigenvalue weighted by Crippen LogP contribution is -2.29. The van der Waals surface area contributed by atoms with E-state index in [1.54, 1.807) is 0 Å². The second-order valence-electron chi connectivity index (χ2n) is 2.68. The highest BCUT2D eigenvalue weighted by Gasteiger charge is 2.28. The van der Waals surface area contributed by atoms with Crippen LogP contribution in [0.15, 0.2) is 33.9 Å². The van der Waals surface area contributed by atoms with E-state index in [1.165, 1.54) is 0 Å². The number of hydrogen-bond donors (Lipinski definition) is 1. The van der Waals surface area contributed by atoms with Gasteiger partial charge in [-0.05, 0) is 0 Å². The zero-order chi connectivity index (χ0) is 7.84. The molecular formula is C7H9N3O. The van der Waals surface area contributed by atoms with Crippen LogP contribution >= 0.6 is 0 Å². The van der Waals surface area contributed by atoms with Crippen molar-refractivity contribution in [1.29, 1.82) is 0 Å². The number of azo groups is 1. The Hall–Kier alpha value is -1.16. The van der Waals surface area contributed by atoms with Gasteiger partial charge in [0.2, 0.25) is 0 Å². The molecule has 0 aromatic heterocycles. The lowest BCUT2D eigenvalue weighted by atomic mass is 10.0. The molecule has 1 saturated heterocycles. The molecule has 2 rings (SSSR count). The first-order valence-corrected chi connectivity index (χ1v) is 3.47. The first-order valence-electron chi connectivity index (χ1n) is 3.47. The van der Waals surface area contributed by atoms with Crippen LogP contribution in [0.25, 0.3) is 0 Å². The van der Waals surface area contributed by atoms with E-state index in [0.717, 1.165) is 5.70 Å². The second-order valence-corrected chi connectivity index (χ2v) is 2.68. The van der Waals surface area contributed by atoms with Gasteiger partial charge in [-0.25, -0.2) is 0 Å². The highest BCUT2D eigenvalue weighted by molar-refractivity contribution is 5.34. The fourth-order valence-corrected chi connectivity index (χ4v) is 1.06. The zero-order valence-corrected chi connectivity index (χ0v) is 6.08. The molecule has 2 aliphatic rings. The molecule has 0 unspecified atom stereocenters. The fraction of sp³-hybridized carbons (Fsp3) is 0.429. The summed E-state index contributed by atoms with van der Waals surface area (Å²) in [7, 11) is 0. The molecule has 4 heteroatoms. The van der Waals surface area contributed by atoms with E-state index in [4.69, 9.17) is 10.5 Å². The molecule has 0 amide bonds. The van der Waals surface area contributed by atoms with E-state index in [2.05, 4.69) is 16.8 Å². The summed E-state index contributed by atoms with van der Waals surface area (Å²) >= 11 is 0. The van der Waals surface area contributed by atoms with Crippen molar-refractivity contribution in [2.24, 2.45) is 21.9 Å². The van der Waals surface area contributed by atoms with E-state index in [-0.39, 0.29) is 0 Å². The van der Waals surface area contributed by atoms with E-state index in [1.807, 2.05) is 0 Å². The maximum absolute atomic E-state index is 5.67. The van der Waals surface area contributed by atoms with Gasteiger partial charge in [0, 0.05) is 0 Å². The summed E-state index contributed by atoms with van der Waals surface area (Å²) in [5, 5.41) is 7.70. The van der Waals surface area contributed by atoms with Crippen LogP contribution in [0, 0.1) is 5.92 Å². The molecule has 0 aliphatic carbocycles. The standard InChI is InChI=1S/C7H9N3O/c1-4-6(8)7(10-9-4)5-2-11-3-5/h5H,1-3,8H2. The fourth-order valence-electron chi connectivity index (χ4n) is 1.06. The van der Waals surface area contributed by atoms with Crippen LogP contribution in [0.2, 0.25) is 0 Å². The average Bonchev–Trinajstić information content (AvgIpc) is 2.15. The van der Waals surface area contributed by atoms with Gasteiger partial charge in [0.25, 0.3) is 0 Å². The van der Waals surface area contributed by atoms with Gasteiger partial charge in [0.15, 0.2) is 0 Å². The molecular weight excluding hydrogens is 142 g/mol. The summed E-state index contributed by atoms with van der Waals surface area (Å²) < 4.78 is 5.01. The Morgan fingerprint density at radius 1 is 1.45 bits per heavy atom. The van der Waals surface area contributed by atoms with E-state index in [0.29, 0.717) is 30.5 Å². The Bertz CT molecular complexity index is 263. The highest BCUT2D eigenvalue weighted by atomic mass is 16.5. The summed E-state index contributed by atoms with van der Waals surface area (Å²) in [6, 6.07) is 0. The largest absolute Gasteiger partial charge is 0.395 e. The minimum absolute atomic E-state index is 0.345. The molecule has 0 atom stereocenters. The number of ether oxygens (including phenoxy) is 1. The van der Waals surface area contributed by atoms with Crippen molar-refractivity contribution in [1.82, 2.24) is 0 Å². The first kappa shape index (κ1) is 6.54. The Labute approximate surface area is 64.4 Å². The third-order valence-electron chi connectivity index (χ3n) is 1.89. The minimum atomic E-state index is 0.345. The smallest absolute Gasteiger partial charge is 0.103 e. The topological polar surface area (TPSA) is 60.0 Å². The Morgan fingerprint density at radius 2 is 2.18 bits per heavy atom. The molecule has 4 nitrogen and oxygen atoms in total. The second kappa shape index (κ2) is 2.17. The Balaban J connectivity index is 2.24. The van der Waals surface area contributed by atoms with Crippen LogP contribution < -0.4 is 5.73 Å². The predicted molar refractivity (Wildman–Crippen MR) is 39.5 cm³/mol. The zero-order valence-electron chi connectivity index (χ0n) is 6.08. The minimum Gasteiger partial charge on any atom is -0.395 e. The Kier molecular flexibility index (Phi) is 1.29. The van der Waals surface area contributed by atoms with Gasteiger partial charge < -0.3 is 10.5 Å². The van der Waals surface area contributed by atoms with Crippen molar-refractivity contribution in [2.45, 2.75) is 0 Å². The average molecular weight is 151 g/mol. The Morgan fingerprint density at radius 3 is 2.55 bits per heavy atom. The molecule has 1 fully saturated rings. The maximum Gasteiger partial charge on any atom is 0.103 e. The van der Waals surface area contributed by atoms with Crippen LogP contribution in [0.5, 0.6) is 0 Å². The lowest BCUT2D eigenvalue weighted by molar-refractivity contribution is -0.0142. The molecule has 0 aromatic rings. The molecule has 0 bridgehead atoms. The maximum atomic E-state index is 5.67. The van der Waals surface area contributed by atoms with Crippen molar-refractivity contribution in [2.75, 3.05) is 13.2 Å². The van der Waals surface area contributed by atoms with Gasteiger partial charge in [0.05, 0.1) is 30.5 Å². The van der Waals surface area contributed by atoms with Crippen molar-refractivity contribution >= 4 is 0 Å². The van der Waals surface area contributed by atoms with Crippen molar-refractivity contribution in [3.05, 3.63) is 23.7 Å². The summed E-state index contributed by atoms with van der Waals surface area (Å²) in [6.07, 6.45) is 0. The van der Waals surface area contributed by atoms with Crippen LogP contribution in [0.4, 0.5) is 0 Å². The molecule has 2 aliphatic heterocycles. The molecule has 2 N–H and O–H groups in total. The van der Waals surface area contributed by atoms with Crippen LogP contribution in [-0.4, -0.2) is 13.2 Å². The molecule has 0 aromatic carbocycles. The van der Waals surface area contributed by atoms with Crippen LogP contribution in [0.1, 0.15) is 0 Å². The first-order chi connectivity index (χ1) is 5.29. The van der Waals surface area contributed by atoms with Gasteiger partial charge in [-0.2, -0.15) is 5.11 Å².